The molecule has 0 radical (unpaired) electrons. The maximum absolute atomic E-state index is 10.3. The molecule has 2 heterocycles. The Morgan fingerprint density at radius 1 is 1.19 bits per heavy atom. The minimum atomic E-state index is -0.404. The lowest BCUT2D eigenvalue weighted by atomic mass is 10.0. The minimum absolute atomic E-state index is 0.404. The van der Waals surface area contributed by atoms with Gasteiger partial charge in [0.25, 0.3) is 0 Å². The van der Waals surface area contributed by atoms with Gasteiger partial charge in [-0.15, -0.1) is 11.3 Å². The number of aliphatic hydroxyl groups is 1. The highest BCUT2D eigenvalue weighted by atomic mass is 32.1. The van der Waals surface area contributed by atoms with Crippen molar-refractivity contribution in [3.05, 3.63) is 59.1 Å². The molecule has 0 bridgehead atoms. The summed E-state index contributed by atoms with van der Waals surface area (Å²) in [5, 5.41) is 13.7. The second-order valence-electron chi connectivity index (χ2n) is 5.03. The van der Waals surface area contributed by atoms with Gasteiger partial charge >= 0.3 is 0 Å². The first-order valence-electron chi connectivity index (χ1n) is 6.88. The van der Waals surface area contributed by atoms with Crippen LogP contribution in [-0.4, -0.2) is 23.3 Å². The van der Waals surface area contributed by atoms with Crippen LogP contribution in [0.2, 0.25) is 0 Å². The first-order chi connectivity index (χ1) is 10.3. The van der Waals surface area contributed by atoms with Crippen LogP contribution in [0.25, 0.3) is 10.1 Å². The number of pyridine rings is 1. The van der Waals surface area contributed by atoms with Gasteiger partial charge in [0.2, 0.25) is 5.88 Å². The second-order valence-corrected chi connectivity index (χ2v) is 5.94. The Balaban J connectivity index is 1.69. The van der Waals surface area contributed by atoms with Gasteiger partial charge in [0.1, 0.15) is 0 Å². The Bertz CT molecular complexity index is 721. The number of hydrogen-bond donors (Lipinski definition) is 1. The molecule has 1 unspecified atom stereocenters. The summed E-state index contributed by atoms with van der Waals surface area (Å²) >= 11 is 1.73. The minimum Gasteiger partial charge on any atom is -0.481 e. The van der Waals surface area contributed by atoms with Gasteiger partial charge < -0.3 is 9.84 Å². The monoisotopic (exact) mass is 299 g/mol. The Hall–Kier alpha value is -1.91. The van der Waals surface area contributed by atoms with Crippen LogP contribution in [0, 0.1) is 0 Å². The fourth-order valence-electron chi connectivity index (χ4n) is 2.44. The van der Waals surface area contributed by atoms with Crippen LogP contribution in [0.1, 0.15) is 11.1 Å². The van der Waals surface area contributed by atoms with E-state index in [9.17, 15) is 5.11 Å². The van der Waals surface area contributed by atoms with Crippen LogP contribution in [-0.2, 0) is 12.8 Å². The number of aromatic nitrogens is 1. The maximum atomic E-state index is 10.3. The van der Waals surface area contributed by atoms with E-state index in [1.54, 1.807) is 24.6 Å². The first-order valence-corrected chi connectivity index (χ1v) is 7.76. The summed E-state index contributed by atoms with van der Waals surface area (Å²) in [5.74, 6) is 0.595. The molecule has 3 aromatic rings. The molecule has 3 nitrogen and oxygen atoms in total. The molecule has 1 atom stereocenters. The van der Waals surface area contributed by atoms with Crippen molar-refractivity contribution >= 4 is 21.4 Å². The molecule has 0 aliphatic carbocycles. The van der Waals surface area contributed by atoms with Gasteiger partial charge in [-0.1, -0.05) is 24.3 Å². The second kappa shape index (κ2) is 6.24. The van der Waals surface area contributed by atoms with Crippen molar-refractivity contribution in [3.8, 4) is 5.88 Å². The quantitative estimate of drug-likeness (QED) is 0.784. The molecular formula is C17H17NO2S. The van der Waals surface area contributed by atoms with Crippen molar-refractivity contribution in [1.29, 1.82) is 0 Å². The van der Waals surface area contributed by atoms with E-state index in [1.807, 2.05) is 24.3 Å². The van der Waals surface area contributed by atoms with E-state index in [4.69, 9.17) is 4.74 Å². The third-order valence-corrected chi connectivity index (χ3v) is 4.51. The highest BCUT2D eigenvalue weighted by Crippen LogP contribution is 2.27. The molecule has 2 aromatic heterocycles. The summed E-state index contributed by atoms with van der Waals surface area (Å²) in [4.78, 5) is 4.17. The van der Waals surface area contributed by atoms with Crippen LogP contribution in [0.4, 0.5) is 0 Å². The zero-order chi connectivity index (χ0) is 14.7. The van der Waals surface area contributed by atoms with Crippen LogP contribution in [0.15, 0.2) is 48.0 Å². The lowest BCUT2D eigenvalue weighted by Gasteiger charge is -2.10. The van der Waals surface area contributed by atoms with E-state index in [-0.39, 0.29) is 0 Å². The average Bonchev–Trinajstić information content (AvgIpc) is 2.91. The van der Waals surface area contributed by atoms with Crippen molar-refractivity contribution in [1.82, 2.24) is 4.98 Å². The van der Waals surface area contributed by atoms with E-state index < -0.39 is 6.10 Å². The van der Waals surface area contributed by atoms with E-state index in [1.165, 1.54) is 15.6 Å². The molecule has 1 N–H and O–H groups in total. The SMILES string of the molecule is COc1ccc(CC(O)Cc2csc3ccccc23)cn1. The van der Waals surface area contributed by atoms with Crippen molar-refractivity contribution in [2.24, 2.45) is 0 Å². The third-order valence-electron chi connectivity index (χ3n) is 3.49. The zero-order valence-electron chi connectivity index (χ0n) is 11.8. The van der Waals surface area contributed by atoms with Crippen LogP contribution < -0.4 is 4.74 Å². The molecular weight excluding hydrogens is 282 g/mol. The summed E-state index contributed by atoms with van der Waals surface area (Å²) < 4.78 is 6.30. The number of rotatable bonds is 5. The van der Waals surface area contributed by atoms with Gasteiger partial charge in [-0.05, 0) is 28.0 Å². The van der Waals surface area contributed by atoms with Crippen molar-refractivity contribution in [2.45, 2.75) is 18.9 Å². The molecule has 3 rings (SSSR count). The highest BCUT2D eigenvalue weighted by Gasteiger charge is 2.11. The van der Waals surface area contributed by atoms with Gasteiger partial charge in [0.15, 0.2) is 0 Å². The highest BCUT2D eigenvalue weighted by molar-refractivity contribution is 7.17. The third kappa shape index (κ3) is 3.23. The molecule has 0 saturated heterocycles. The predicted molar refractivity (Wildman–Crippen MR) is 86.0 cm³/mol. The predicted octanol–water partition coefficient (Wildman–Crippen LogP) is 3.45. The Labute approximate surface area is 127 Å². The first kappa shape index (κ1) is 14.0. The topological polar surface area (TPSA) is 42.4 Å². The van der Waals surface area contributed by atoms with E-state index in [0.29, 0.717) is 18.7 Å². The molecule has 108 valence electrons. The van der Waals surface area contributed by atoms with Gasteiger partial charge in [-0.3, -0.25) is 0 Å². The van der Waals surface area contributed by atoms with Crippen molar-refractivity contribution in [2.75, 3.05) is 7.11 Å². The van der Waals surface area contributed by atoms with Crippen LogP contribution >= 0.6 is 11.3 Å². The molecule has 0 spiro atoms. The number of hydrogen-bond acceptors (Lipinski definition) is 4. The Kier molecular flexibility index (Phi) is 4.18. The summed E-state index contributed by atoms with van der Waals surface area (Å²) in [7, 11) is 1.60. The molecule has 0 fully saturated rings. The maximum Gasteiger partial charge on any atom is 0.212 e. The van der Waals surface area contributed by atoms with Gasteiger partial charge in [-0.2, -0.15) is 0 Å². The number of fused-ring (bicyclic) bond motifs is 1. The average molecular weight is 299 g/mol. The molecule has 0 aliphatic rings. The van der Waals surface area contributed by atoms with E-state index >= 15 is 0 Å². The summed E-state index contributed by atoms with van der Waals surface area (Å²) in [5.41, 5.74) is 2.23. The number of aliphatic hydroxyl groups excluding tert-OH is 1. The largest absolute Gasteiger partial charge is 0.481 e. The smallest absolute Gasteiger partial charge is 0.212 e. The van der Waals surface area contributed by atoms with E-state index in [0.717, 1.165) is 5.56 Å². The Morgan fingerprint density at radius 2 is 2.05 bits per heavy atom. The Morgan fingerprint density at radius 3 is 2.81 bits per heavy atom. The summed E-state index contributed by atoms with van der Waals surface area (Å²) in [6, 6.07) is 12.1. The molecule has 0 aliphatic heterocycles. The number of benzene rings is 1. The molecule has 4 heteroatoms. The summed E-state index contributed by atoms with van der Waals surface area (Å²) in [6.07, 6.45) is 2.61. The number of ether oxygens (including phenoxy) is 1. The molecule has 0 saturated carbocycles. The normalized spacial score (nSPS) is 12.5. The molecule has 1 aromatic carbocycles. The van der Waals surface area contributed by atoms with Crippen LogP contribution in [0.3, 0.4) is 0 Å². The van der Waals surface area contributed by atoms with Crippen LogP contribution in [0.5, 0.6) is 5.88 Å². The van der Waals surface area contributed by atoms with Gasteiger partial charge in [0, 0.05) is 29.8 Å². The molecule has 0 amide bonds. The lowest BCUT2D eigenvalue weighted by Crippen LogP contribution is -2.13. The molecule has 21 heavy (non-hydrogen) atoms. The fraction of sp³-hybridized carbons (Fsp3) is 0.235. The number of nitrogens with zero attached hydrogens (tertiary/aromatic N) is 1. The summed E-state index contributed by atoms with van der Waals surface area (Å²) in [6.45, 7) is 0. The lowest BCUT2D eigenvalue weighted by molar-refractivity contribution is 0.175. The van der Waals surface area contributed by atoms with Crippen molar-refractivity contribution in [3.63, 3.8) is 0 Å². The van der Waals surface area contributed by atoms with E-state index in [2.05, 4.69) is 22.5 Å². The zero-order valence-corrected chi connectivity index (χ0v) is 12.6. The number of thiophene rings is 1. The van der Waals surface area contributed by atoms with Crippen molar-refractivity contribution < 1.29 is 9.84 Å². The number of methoxy groups -OCH3 is 1. The van der Waals surface area contributed by atoms with Gasteiger partial charge in [0.05, 0.1) is 13.2 Å². The van der Waals surface area contributed by atoms with Gasteiger partial charge in [-0.25, -0.2) is 4.98 Å². The standard InChI is InChI=1S/C17H17NO2S/c1-20-17-7-6-12(10-18-17)8-14(19)9-13-11-21-16-5-3-2-4-15(13)16/h2-7,10-11,14,19H,8-9H2,1H3. The fourth-order valence-corrected chi connectivity index (χ4v) is 3.42.